The van der Waals surface area contributed by atoms with Crippen LogP contribution in [0.3, 0.4) is 0 Å². The molecule has 0 aliphatic heterocycles. The molecule has 0 N–H and O–H groups in total. The van der Waals surface area contributed by atoms with Crippen molar-refractivity contribution in [2.75, 3.05) is 34.2 Å². The van der Waals surface area contributed by atoms with Crippen LogP contribution < -0.4 is 9.47 Å². The number of benzene rings is 1. The predicted octanol–water partition coefficient (Wildman–Crippen LogP) is 3.11. The lowest BCUT2D eigenvalue weighted by Gasteiger charge is -2.12. The van der Waals surface area contributed by atoms with E-state index in [0.717, 1.165) is 4.47 Å². The van der Waals surface area contributed by atoms with Crippen molar-refractivity contribution in [2.45, 2.75) is 0 Å². The topological polar surface area (TPSA) is 36.9 Å². The molecule has 0 spiro atoms. The molecule has 4 nitrogen and oxygen atoms in total. The summed E-state index contributed by atoms with van der Waals surface area (Å²) in [6.45, 7) is 1.15. The first-order valence-corrected chi connectivity index (χ1v) is 6.08. The molecular weight excluding hydrogens is 311 g/mol. The molecule has 0 bridgehead atoms. The molecule has 0 saturated carbocycles. The molecule has 0 saturated heterocycles. The Bertz CT molecular complexity index is 360. The van der Waals surface area contributed by atoms with E-state index in [1.165, 1.54) is 0 Å². The fourth-order valence-corrected chi connectivity index (χ4v) is 1.57. The summed E-state index contributed by atoms with van der Waals surface area (Å²) in [7, 11) is 3.17. The van der Waals surface area contributed by atoms with Crippen molar-refractivity contribution in [3.63, 3.8) is 0 Å². The first kappa shape index (κ1) is 14.6. The van der Waals surface area contributed by atoms with Gasteiger partial charge in [0.25, 0.3) is 0 Å². The lowest BCUT2D eigenvalue weighted by molar-refractivity contribution is -0.00947. The van der Waals surface area contributed by atoms with Gasteiger partial charge in [0.1, 0.15) is 0 Å². The summed E-state index contributed by atoms with van der Waals surface area (Å²) in [6, 6.07) is 3.41. The summed E-state index contributed by atoms with van der Waals surface area (Å²) in [5, 5.41) is 0.564. The van der Waals surface area contributed by atoms with Crippen LogP contribution in [0, 0.1) is 0 Å². The van der Waals surface area contributed by atoms with Crippen molar-refractivity contribution in [1.82, 2.24) is 0 Å². The highest BCUT2D eigenvalue weighted by molar-refractivity contribution is 9.10. The van der Waals surface area contributed by atoms with Crippen molar-refractivity contribution >= 4 is 27.5 Å². The zero-order valence-corrected chi connectivity index (χ0v) is 12.0. The quantitative estimate of drug-likeness (QED) is 0.570. The van der Waals surface area contributed by atoms with Crippen molar-refractivity contribution in [3.05, 3.63) is 21.6 Å². The van der Waals surface area contributed by atoms with E-state index < -0.39 is 0 Å². The summed E-state index contributed by atoms with van der Waals surface area (Å²) in [5.41, 5.74) is 0. The lowest BCUT2D eigenvalue weighted by Crippen LogP contribution is -2.08. The van der Waals surface area contributed by atoms with Gasteiger partial charge in [-0.25, -0.2) is 0 Å². The van der Waals surface area contributed by atoms with Gasteiger partial charge in [0.05, 0.1) is 25.3 Å². The molecule has 96 valence electrons. The SMILES string of the molecule is COCCOCOc1cc(Br)c(Cl)cc1OC. The van der Waals surface area contributed by atoms with E-state index in [1.807, 2.05) is 0 Å². The normalized spacial score (nSPS) is 10.4. The minimum atomic E-state index is 0.133. The number of halogens is 2. The van der Waals surface area contributed by atoms with Crippen LogP contribution in [0.15, 0.2) is 16.6 Å². The fourth-order valence-electron chi connectivity index (χ4n) is 1.09. The van der Waals surface area contributed by atoms with Crippen molar-refractivity contribution in [3.8, 4) is 11.5 Å². The molecule has 0 heterocycles. The van der Waals surface area contributed by atoms with Crippen molar-refractivity contribution < 1.29 is 18.9 Å². The van der Waals surface area contributed by atoms with Crippen LogP contribution in [0.2, 0.25) is 5.02 Å². The van der Waals surface area contributed by atoms with E-state index in [9.17, 15) is 0 Å². The van der Waals surface area contributed by atoms with Crippen LogP contribution in [-0.2, 0) is 9.47 Å². The minimum absolute atomic E-state index is 0.133. The molecule has 0 amide bonds. The first-order chi connectivity index (χ1) is 8.19. The van der Waals surface area contributed by atoms with Gasteiger partial charge in [-0.3, -0.25) is 0 Å². The maximum absolute atomic E-state index is 5.94. The number of methoxy groups -OCH3 is 2. The Morgan fingerprint density at radius 2 is 1.94 bits per heavy atom. The van der Waals surface area contributed by atoms with Crippen molar-refractivity contribution in [1.29, 1.82) is 0 Å². The molecule has 1 aromatic rings. The summed E-state index contributed by atoms with van der Waals surface area (Å²) in [6.07, 6.45) is 0. The van der Waals surface area contributed by atoms with Crippen LogP contribution in [0.4, 0.5) is 0 Å². The van der Waals surface area contributed by atoms with Crippen LogP contribution in [0.5, 0.6) is 11.5 Å². The van der Waals surface area contributed by atoms with Gasteiger partial charge in [-0.2, -0.15) is 0 Å². The Labute approximate surface area is 114 Å². The highest BCUT2D eigenvalue weighted by Crippen LogP contribution is 2.35. The van der Waals surface area contributed by atoms with Gasteiger partial charge in [-0.05, 0) is 22.0 Å². The third kappa shape index (κ3) is 4.71. The molecule has 0 fully saturated rings. The monoisotopic (exact) mass is 324 g/mol. The number of ether oxygens (including phenoxy) is 4. The molecule has 0 aliphatic rings. The Kier molecular flexibility index (Phi) is 6.65. The molecule has 0 aliphatic carbocycles. The van der Waals surface area contributed by atoms with Gasteiger partial charge in [0, 0.05) is 17.6 Å². The van der Waals surface area contributed by atoms with Crippen molar-refractivity contribution in [2.24, 2.45) is 0 Å². The molecule has 6 heteroatoms. The molecule has 17 heavy (non-hydrogen) atoms. The van der Waals surface area contributed by atoms with Gasteiger partial charge in [0.2, 0.25) is 0 Å². The second kappa shape index (κ2) is 7.76. The molecule has 1 aromatic carbocycles. The van der Waals surface area contributed by atoms with E-state index in [-0.39, 0.29) is 6.79 Å². The summed E-state index contributed by atoms with van der Waals surface area (Å²) in [4.78, 5) is 0. The van der Waals surface area contributed by atoms with Gasteiger partial charge < -0.3 is 18.9 Å². The van der Waals surface area contributed by atoms with Crippen LogP contribution in [-0.4, -0.2) is 34.2 Å². The highest BCUT2D eigenvalue weighted by atomic mass is 79.9. The number of rotatable bonds is 7. The predicted molar refractivity (Wildman–Crippen MR) is 69.0 cm³/mol. The number of hydrogen-bond acceptors (Lipinski definition) is 4. The average molecular weight is 326 g/mol. The molecule has 0 atom stereocenters. The average Bonchev–Trinajstić information content (AvgIpc) is 2.33. The second-order valence-electron chi connectivity index (χ2n) is 3.08. The van der Waals surface area contributed by atoms with Gasteiger partial charge in [-0.15, -0.1) is 0 Å². The standard InChI is InChI=1S/C11H14BrClO4/c1-14-3-4-16-7-17-11-5-8(12)9(13)6-10(11)15-2/h5-6H,3-4,7H2,1-2H3. The Balaban J connectivity index is 2.54. The minimum Gasteiger partial charge on any atom is -0.493 e. The van der Waals surface area contributed by atoms with Crippen LogP contribution in [0.1, 0.15) is 0 Å². The maximum atomic E-state index is 5.94. The summed E-state index contributed by atoms with van der Waals surface area (Å²) < 4.78 is 21.4. The van der Waals surface area contributed by atoms with Gasteiger partial charge in [-0.1, -0.05) is 11.6 Å². The third-order valence-corrected chi connectivity index (χ3v) is 3.13. The van der Waals surface area contributed by atoms with E-state index in [2.05, 4.69) is 15.9 Å². The largest absolute Gasteiger partial charge is 0.493 e. The van der Waals surface area contributed by atoms with Crippen LogP contribution >= 0.6 is 27.5 Å². The maximum Gasteiger partial charge on any atom is 0.189 e. The van der Waals surface area contributed by atoms with E-state index in [4.69, 9.17) is 30.5 Å². The zero-order chi connectivity index (χ0) is 12.7. The van der Waals surface area contributed by atoms with E-state index >= 15 is 0 Å². The highest BCUT2D eigenvalue weighted by Gasteiger charge is 2.08. The molecular formula is C11H14BrClO4. The smallest absolute Gasteiger partial charge is 0.189 e. The Morgan fingerprint density at radius 1 is 1.18 bits per heavy atom. The van der Waals surface area contributed by atoms with E-state index in [0.29, 0.717) is 29.7 Å². The lowest BCUT2D eigenvalue weighted by atomic mass is 10.3. The molecule has 1 rings (SSSR count). The van der Waals surface area contributed by atoms with Gasteiger partial charge in [0.15, 0.2) is 18.3 Å². The summed E-state index contributed by atoms with van der Waals surface area (Å²) >= 11 is 9.25. The van der Waals surface area contributed by atoms with E-state index in [1.54, 1.807) is 26.4 Å². The van der Waals surface area contributed by atoms with Gasteiger partial charge >= 0.3 is 0 Å². The zero-order valence-electron chi connectivity index (χ0n) is 9.66. The Morgan fingerprint density at radius 3 is 2.59 bits per heavy atom. The van der Waals surface area contributed by atoms with Crippen LogP contribution in [0.25, 0.3) is 0 Å². The Hall–Kier alpha value is -0.490. The molecule has 0 unspecified atom stereocenters. The third-order valence-electron chi connectivity index (χ3n) is 1.94. The second-order valence-corrected chi connectivity index (χ2v) is 4.34. The first-order valence-electron chi connectivity index (χ1n) is 4.91. The fraction of sp³-hybridized carbons (Fsp3) is 0.455. The molecule has 0 radical (unpaired) electrons. The summed E-state index contributed by atoms with van der Waals surface area (Å²) in [5.74, 6) is 1.13. The molecule has 0 aromatic heterocycles. The number of hydrogen-bond donors (Lipinski definition) is 0.